The van der Waals surface area contributed by atoms with E-state index in [1.54, 1.807) is 20.4 Å². The van der Waals surface area contributed by atoms with E-state index in [9.17, 15) is 0 Å². The average molecular weight is 407 g/mol. The van der Waals surface area contributed by atoms with Crippen LogP contribution in [0.25, 0.3) is 10.9 Å². The second-order valence-electron chi connectivity index (χ2n) is 6.98. The number of rotatable bonds is 6. The molecule has 3 aromatic rings. The first-order valence-corrected chi connectivity index (χ1v) is 9.80. The third-order valence-corrected chi connectivity index (χ3v) is 4.91. The Hall–Kier alpha value is -3.39. The SMILES string of the molecule is COc1cc2nc(NN=Cc3cccc(C)c3)nc(N3CCOCC3)c2cc1OC. The van der Waals surface area contributed by atoms with Gasteiger partial charge in [0.25, 0.3) is 0 Å². The van der Waals surface area contributed by atoms with Crippen molar-refractivity contribution in [2.75, 3.05) is 50.8 Å². The predicted molar refractivity (Wildman–Crippen MR) is 118 cm³/mol. The van der Waals surface area contributed by atoms with Gasteiger partial charge in [-0.05, 0) is 18.6 Å². The summed E-state index contributed by atoms with van der Waals surface area (Å²) in [5, 5.41) is 5.21. The van der Waals surface area contributed by atoms with Crippen molar-refractivity contribution in [3.63, 3.8) is 0 Å². The molecule has 0 aliphatic carbocycles. The van der Waals surface area contributed by atoms with Crippen LogP contribution < -0.4 is 19.8 Å². The smallest absolute Gasteiger partial charge is 0.246 e. The van der Waals surface area contributed by atoms with E-state index in [0.29, 0.717) is 30.7 Å². The molecule has 2 heterocycles. The number of aromatic nitrogens is 2. The molecule has 1 aliphatic rings. The molecule has 0 unspecified atom stereocenters. The van der Waals surface area contributed by atoms with Gasteiger partial charge in [0.1, 0.15) is 5.82 Å². The van der Waals surface area contributed by atoms with Crippen LogP contribution in [-0.4, -0.2) is 56.7 Å². The number of benzene rings is 2. The Labute approximate surface area is 175 Å². The van der Waals surface area contributed by atoms with Crippen molar-refractivity contribution < 1.29 is 14.2 Å². The summed E-state index contributed by atoms with van der Waals surface area (Å²) in [6.45, 7) is 4.88. The maximum Gasteiger partial charge on any atom is 0.246 e. The largest absolute Gasteiger partial charge is 0.493 e. The lowest BCUT2D eigenvalue weighted by Crippen LogP contribution is -2.37. The molecule has 1 aliphatic heterocycles. The van der Waals surface area contributed by atoms with Gasteiger partial charge in [-0.2, -0.15) is 10.1 Å². The predicted octanol–water partition coefficient (Wildman–Crippen LogP) is 3.24. The number of aryl methyl sites for hydroxylation is 1. The zero-order chi connectivity index (χ0) is 20.9. The second kappa shape index (κ2) is 8.96. The molecule has 1 fully saturated rings. The minimum absolute atomic E-state index is 0.417. The van der Waals surface area contributed by atoms with Crippen molar-refractivity contribution in [1.82, 2.24) is 9.97 Å². The summed E-state index contributed by atoms with van der Waals surface area (Å²) < 4.78 is 16.4. The third kappa shape index (κ3) is 4.28. The zero-order valence-corrected chi connectivity index (χ0v) is 17.4. The van der Waals surface area contributed by atoms with Gasteiger partial charge in [-0.25, -0.2) is 10.4 Å². The Morgan fingerprint density at radius 3 is 2.57 bits per heavy atom. The van der Waals surface area contributed by atoms with Crippen molar-refractivity contribution in [3.8, 4) is 11.5 Å². The van der Waals surface area contributed by atoms with Crippen LogP contribution in [0.1, 0.15) is 11.1 Å². The van der Waals surface area contributed by atoms with Crippen LogP contribution in [-0.2, 0) is 4.74 Å². The first kappa shape index (κ1) is 19.9. The fourth-order valence-electron chi connectivity index (χ4n) is 3.42. The lowest BCUT2D eigenvalue weighted by molar-refractivity contribution is 0.122. The minimum atomic E-state index is 0.417. The van der Waals surface area contributed by atoms with E-state index in [1.165, 1.54) is 5.56 Å². The molecular weight excluding hydrogens is 382 g/mol. The molecule has 0 saturated carbocycles. The van der Waals surface area contributed by atoms with Gasteiger partial charge in [-0.3, -0.25) is 0 Å². The molecule has 8 heteroatoms. The van der Waals surface area contributed by atoms with Crippen LogP contribution in [0.2, 0.25) is 0 Å². The molecule has 0 radical (unpaired) electrons. The molecule has 2 aromatic carbocycles. The summed E-state index contributed by atoms with van der Waals surface area (Å²) in [6, 6.07) is 11.9. The van der Waals surface area contributed by atoms with Gasteiger partial charge in [0.15, 0.2) is 11.5 Å². The van der Waals surface area contributed by atoms with Crippen LogP contribution in [0.15, 0.2) is 41.5 Å². The number of nitrogens with zero attached hydrogens (tertiary/aromatic N) is 4. The van der Waals surface area contributed by atoms with Crippen LogP contribution >= 0.6 is 0 Å². The number of anilines is 2. The van der Waals surface area contributed by atoms with E-state index in [-0.39, 0.29) is 0 Å². The molecule has 4 rings (SSSR count). The topological polar surface area (TPSA) is 81.1 Å². The number of ether oxygens (including phenoxy) is 3. The summed E-state index contributed by atoms with van der Waals surface area (Å²) in [7, 11) is 3.23. The molecule has 1 aromatic heterocycles. The van der Waals surface area contributed by atoms with Crippen molar-refractivity contribution in [1.29, 1.82) is 0 Å². The maximum atomic E-state index is 5.50. The Balaban J connectivity index is 1.72. The van der Waals surface area contributed by atoms with Crippen LogP contribution in [0, 0.1) is 6.92 Å². The molecule has 156 valence electrons. The van der Waals surface area contributed by atoms with Gasteiger partial charge in [0, 0.05) is 24.5 Å². The van der Waals surface area contributed by atoms with Crippen LogP contribution in [0.5, 0.6) is 11.5 Å². The molecule has 1 N–H and O–H groups in total. The van der Waals surface area contributed by atoms with E-state index in [1.807, 2.05) is 37.3 Å². The lowest BCUT2D eigenvalue weighted by Gasteiger charge is -2.29. The van der Waals surface area contributed by atoms with Gasteiger partial charge in [-0.1, -0.05) is 29.8 Å². The van der Waals surface area contributed by atoms with E-state index in [2.05, 4.69) is 26.5 Å². The number of nitrogens with one attached hydrogen (secondary N) is 1. The van der Waals surface area contributed by atoms with Gasteiger partial charge < -0.3 is 19.1 Å². The summed E-state index contributed by atoms with van der Waals surface area (Å²) in [5.74, 6) is 2.49. The quantitative estimate of drug-likeness (QED) is 0.496. The van der Waals surface area contributed by atoms with Crippen molar-refractivity contribution in [3.05, 3.63) is 47.5 Å². The summed E-state index contributed by atoms with van der Waals surface area (Å²) in [5.41, 5.74) is 5.90. The summed E-state index contributed by atoms with van der Waals surface area (Å²) in [4.78, 5) is 11.6. The fourth-order valence-corrected chi connectivity index (χ4v) is 3.42. The van der Waals surface area contributed by atoms with E-state index >= 15 is 0 Å². The maximum absolute atomic E-state index is 5.50. The highest BCUT2D eigenvalue weighted by Gasteiger charge is 2.19. The van der Waals surface area contributed by atoms with E-state index in [4.69, 9.17) is 19.2 Å². The first-order valence-electron chi connectivity index (χ1n) is 9.80. The Morgan fingerprint density at radius 1 is 1.07 bits per heavy atom. The number of hydrogen-bond acceptors (Lipinski definition) is 8. The number of fused-ring (bicyclic) bond motifs is 1. The van der Waals surface area contributed by atoms with E-state index < -0.39 is 0 Å². The zero-order valence-electron chi connectivity index (χ0n) is 17.4. The number of hydrogen-bond donors (Lipinski definition) is 1. The van der Waals surface area contributed by atoms with Gasteiger partial charge in [0.2, 0.25) is 5.95 Å². The van der Waals surface area contributed by atoms with Gasteiger partial charge in [-0.15, -0.1) is 0 Å². The van der Waals surface area contributed by atoms with Crippen molar-refractivity contribution in [2.24, 2.45) is 5.10 Å². The summed E-state index contributed by atoms with van der Waals surface area (Å²) >= 11 is 0. The normalized spacial score (nSPS) is 14.3. The fraction of sp³-hybridized carbons (Fsp3) is 0.318. The third-order valence-electron chi connectivity index (χ3n) is 4.91. The van der Waals surface area contributed by atoms with E-state index in [0.717, 1.165) is 35.4 Å². The minimum Gasteiger partial charge on any atom is -0.493 e. The Bertz CT molecular complexity index is 1060. The highest BCUT2D eigenvalue weighted by Crippen LogP contribution is 2.36. The Kier molecular flexibility index (Phi) is 5.94. The first-order chi connectivity index (χ1) is 14.7. The lowest BCUT2D eigenvalue weighted by atomic mass is 10.2. The van der Waals surface area contributed by atoms with Crippen molar-refractivity contribution >= 4 is 28.9 Å². The Morgan fingerprint density at radius 2 is 1.83 bits per heavy atom. The van der Waals surface area contributed by atoms with Gasteiger partial charge >= 0.3 is 0 Å². The highest BCUT2D eigenvalue weighted by atomic mass is 16.5. The van der Waals surface area contributed by atoms with Crippen LogP contribution in [0.4, 0.5) is 11.8 Å². The monoisotopic (exact) mass is 407 g/mol. The summed E-state index contributed by atoms with van der Waals surface area (Å²) in [6.07, 6.45) is 1.75. The van der Waals surface area contributed by atoms with Gasteiger partial charge in [0.05, 0.1) is 39.2 Å². The number of hydrazone groups is 1. The van der Waals surface area contributed by atoms with Crippen LogP contribution in [0.3, 0.4) is 0 Å². The number of morpholine rings is 1. The highest BCUT2D eigenvalue weighted by molar-refractivity contribution is 5.93. The molecule has 1 saturated heterocycles. The second-order valence-corrected chi connectivity index (χ2v) is 6.98. The average Bonchev–Trinajstić information content (AvgIpc) is 2.78. The standard InChI is InChI=1S/C22H25N5O3/c1-15-5-4-6-16(11-15)14-23-26-22-24-18-13-20(29-3)19(28-2)12-17(18)21(25-22)27-7-9-30-10-8-27/h4-6,11-14H,7-10H2,1-3H3,(H,24,25,26). The molecular formula is C22H25N5O3. The molecule has 0 bridgehead atoms. The molecule has 0 atom stereocenters. The molecule has 0 amide bonds. The number of methoxy groups -OCH3 is 2. The molecule has 30 heavy (non-hydrogen) atoms. The van der Waals surface area contributed by atoms with Crippen molar-refractivity contribution in [2.45, 2.75) is 6.92 Å². The molecule has 0 spiro atoms. The molecule has 8 nitrogen and oxygen atoms in total.